The van der Waals surface area contributed by atoms with Gasteiger partial charge >= 0.3 is 6.03 Å². The summed E-state index contributed by atoms with van der Waals surface area (Å²) in [7, 11) is 0. The number of rotatable bonds is 4. The van der Waals surface area contributed by atoms with E-state index in [9.17, 15) is 4.79 Å². The number of amides is 2. The van der Waals surface area contributed by atoms with E-state index in [1.807, 2.05) is 30.3 Å². The number of pyridine rings is 1. The van der Waals surface area contributed by atoms with Gasteiger partial charge in [0.05, 0.1) is 0 Å². The number of aromatic nitrogens is 1. The topological polar surface area (TPSA) is 54.0 Å². The fraction of sp³-hybridized carbons (Fsp3) is 0.250. The number of hydrogen-bond acceptors (Lipinski definition) is 2. The first-order valence-electron chi connectivity index (χ1n) is 6.69. The van der Waals surface area contributed by atoms with Crippen LogP contribution in [-0.4, -0.2) is 17.6 Å². The second-order valence-electron chi connectivity index (χ2n) is 5.42. The maximum Gasteiger partial charge on any atom is 0.320 e. The van der Waals surface area contributed by atoms with Crippen LogP contribution in [0.3, 0.4) is 0 Å². The molecule has 0 unspecified atom stereocenters. The van der Waals surface area contributed by atoms with E-state index in [0.717, 1.165) is 5.56 Å². The van der Waals surface area contributed by atoms with Crippen LogP contribution in [-0.2, 0) is 5.41 Å². The van der Waals surface area contributed by atoms with Crippen molar-refractivity contribution in [3.8, 4) is 0 Å². The molecule has 2 N–H and O–H groups in total. The summed E-state index contributed by atoms with van der Waals surface area (Å²) in [5, 5.41) is 6.24. The Labute approximate surface area is 129 Å². The Kier molecular flexibility index (Phi) is 4.81. The number of carbonyl (C=O) groups is 1. The van der Waals surface area contributed by atoms with E-state index < -0.39 is 0 Å². The number of halogens is 1. The third kappa shape index (κ3) is 4.46. The van der Waals surface area contributed by atoms with Crippen LogP contribution in [0.25, 0.3) is 0 Å². The Hall–Kier alpha value is -2.07. The maximum absolute atomic E-state index is 11.9. The van der Waals surface area contributed by atoms with E-state index >= 15 is 0 Å². The van der Waals surface area contributed by atoms with Gasteiger partial charge in [-0.1, -0.05) is 43.6 Å². The molecule has 0 saturated carbocycles. The van der Waals surface area contributed by atoms with Crippen LogP contribution in [0.5, 0.6) is 0 Å². The van der Waals surface area contributed by atoms with Gasteiger partial charge in [0.2, 0.25) is 0 Å². The summed E-state index contributed by atoms with van der Waals surface area (Å²) < 4.78 is 0. The van der Waals surface area contributed by atoms with Gasteiger partial charge in [-0.25, -0.2) is 9.78 Å². The Bertz CT molecular complexity index is 614. The minimum Gasteiger partial charge on any atom is -0.337 e. The lowest BCUT2D eigenvalue weighted by atomic mass is 9.85. The molecule has 0 aliphatic rings. The van der Waals surface area contributed by atoms with Gasteiger partial charge in [-0.3, -0.25) is 5.32 Å². The first-order valence-corrected chi connectivity index (χ1v) is 7.07. The quantitative estimate of drug-likeness (QED) is 0.902. The lowest BCUT2D eigenvalue weighted by Crippen LogP contribution is -2.39. The fourth-order valence-electron chi connectivity index (χ4n) is 1.91. The zero-order valence-corrected chi connectivity index (χ0v) is 12.8. The normalized spacial score (nSPS) is 11.0. The average Bonchev–Trinajstić information content (AvgIpc) is 2.46. The van der Waals surface area contributed by atoms with Crippen molar-refractivity contribution in [1.82, 2.24) is 10.3 Å². The summed E-state index contributed by atoms with van der Waals surface area (Å²) in [6, 6.07) is 12.7. The zero-order chi connectivity index (χ0) is 15.3. The van der Waals surface area contributed by atoms with E-state index in [1.165, 1.54) is 0 Å². The summed E-state index contributed by atoms with van der Waals surface area (Å²) >= 11 is 6.01. The molecule has 0 atom stereocenters. The zero-order valence-electron chi connectivity index (χ0n) is 12.1. The minimum absolute atomic E-state index is 0.216. The minimum atomic E-state index is -0.274. The molecule has 2 rings (SSSR count). The van der Waals surface area contributed by atoms with Crippen molar-refractivity contribution in [2.24, 2.45) is 0 Å². The van der Waals surface area contributed by atoms with Gasteiger partial charge in [0.15, 0.2) is 0 Å². The van der Waals surface area contributed by atoms with Gasteiger partial charge in [0.25, 0.3) is 0 Å². The molecule has 0 saturated heterocycles. The molecule has 1 aromatic heterocycles. The molecule has 0 fully saturated rings. The van der Waals surface area contributed by atoms with Gasteiger partial charge < -0.3 is 5.32 Å². The van der Waals surface area contributed by atoms with Crippen LogP contribution in [0.1, 0.15) is 19.4 Å². The summed E-state index contributed by atoms with van der Waals surface area (Å²) in [6.07, 6.45) is 1.63. The Balaban J connectivity index is 1.94. The number of nitrogens with zero attached hydrogens (tertiary/aromatic N) is 1. The number of nitrogens with one attached hydrogen (secondary N) is 2. The molecule has 0 bridgehead atoms. The predicted octanol–water partition coefficient (Wildman–Crippen LogP) is 3.83. The Morgan fingerprint density at radius 1 is 1.24 bits per heavy atom. The third-order valence-electron chi connectivity index (χ3n) is 3.20. The molecule has 5 heteroatoms. The second kappa shape index (κ2) is 6.59. The van der Waals surface area contributed by atoms with Gasteiger partial charge in [0.1, 0.15) is 5.82 Å². The van der Waals surface area contributed by atoms with Crippen molar-refractivity contribution in [2.45, 2.75) is 19.3 Å². The van der Waals surface area contributed by atoms with Crippen molar-refractivity contribution in [2.75, 3.05) is 11.9 Å². The maximum atomic E-state index is 11.9. The van der Waals surface area contributed by atoms with Crippen LogP contribution in [0.4, 0.5) is 10.6 Å². The highest BCUT2D eigenvalue weighted by Gasteiger charge is 2.21. The van der Waals surface area contributed by atoms with Crippen LogP contribution in [0.15, 0.2) is 48.7 Å². The molecule has 1 heterocycles. The van der Waals surface area contributed by atoms with Crippen molar-refractivity contribution >= 4 is 23.4 Å². The fourth-order valence-corrected chi connectivity index (χ4v) is 2.10. The number of benzene rings is 1. The predicted molar refractivity (Wildman–Crippen MR) is 85.7 cm³/mol. The molecule has 0 aliphatic carbocycles. The molecule has 2 aromatic rings. The Morgan fingerprint density at radius 2 is 2.05 bits per heavy atom. The monoisotopic (exact) mass is 303 g/mol. The number of hydrogen-bond donors (Lipinski definition) is 2. The summed E-state index contributed by atoms with van der Waals surface area (Å²) in [5.74, 6) is 0.524. The van der Waals surface area contributed by atoms with Gasteiger partial charge in [-0.15, -0.1) is 0 Å². The first kappa shape index (κ1) is 15.3. The van der Waals surface area contributed by atoms with Gasteiger partial charge in [-0.05, 0) is 29.8 Å². The van der Waals surface area contributed by atoms with Crippen LogP contribution in [0.2, 0.25) is 5.02 Å². The van der Waals surface area contributed by atoms with E-state index in [4.69, 9.17) is 11.6 Å². The van der Waals surface area contributed by atoms with Crippen molar-refractivity contribution in [3.63, 3.8) is 0 Å². The highest BCUT2D eigenvalue weighted by molar-refractivity contribution is 6.30. The molecule has 2 amide bonds. The lowest BCUT2D eigenvalue weighted by Gasteiger charge is -2.25. The smallest absolute Gasteiger partial charge is 0.320 e. The summed E-state index contributed by atoms with van der Waals surface area (Å²) in [5.41, 5.74) is 0.861. The second-order valence-corrected chi connectivity index (χ2v) is 5.85. The van der Waals surface area contributed by atoms with Crippen molar-refractivity contribution in [1.29, 1.82) is 0 Å². The third-order valence-corrected chi connectivity index (χ3v) is 3.44. The molecule has 0 aliphatic heterocycles. The van der Waals surface area contributed by atoms with E-state index in [2.05, 4.69) is 29.5 Å². The molecule has 1 aromatic carbocycles. The average molecular weight is 304 g/mol. The van der Waals surface area contributed by atoms with Crippen molar-refractivity contribution in [3.05, 3.63) is 59.2 Å². The summed E-state index contributed by atoms with van der Waals surface area (Å²) in [6.45, 7) is 4.60. The van der Waals surface area contributed by atoms with E-state index in [-0.39, 0.29) is 11.4 Å². The number of urea groups is 1. The highest BCUT2D eigenvalue weighted by Crippen LogP contribution is 2.24. The van der Waals surface area contributed by atoms with E-state index in [1.54, 1.807) is 18.3 Å². The number of anilines is 1. The molecule has 0 spiro atoms. The largest absolute Gasteiger partial charge is 0.337 e. The SMILES string of the molecule is CC(C)(CNC(=O)Nc1ccccn1)c1cccc(Cl)c1. The number of carbonyl (C=O) groups excluding carboxylic acids is 1. The molecular weight excluding hydrogens is 286 g/mol. The van der Waals surface area contributed by atoms with Crippen LogP contribution < -0.4 is 10.6 Å². The Morgan fingerprint density at radius 3 is 2.71 bits per heavy atom. The molecule has 110 valence electrons. The van der Waals surface area contributed by atoms with Gasteiger partial charge in [-0.2, -0.15) is 0 Å². The molecule has 21 heavy (non-hydrogen) atoms. The standard InChI is InChI=1S/C16H18ClN3O/c1-16(2,12-6-5-7-13(17)10-12)11-19-15(21)20-14-8-3-4-9-18-14/h3-10H,11H2,1-2H3,(H2,18,19,20,21). The molecule has 0 radical (unpaired) electrons. The van der Waals surface area contributed by atoms with Crippen LogP contribution in [0, 0.1) is 0 Å². The van der Waals surface area contributed by atoms with Crippen LogP contribution >= 0.6 is 11.6 Å². The van der Waals surface area contributed by atoms with Gasteiger partial charge in [0, 0.05) is 23.2 Å². The summed E-state index contributed by atoms with van der Waals surface area (Å²) in [4.78, 5) is 15.9. The lowest BCUT2D eigenvalue weighted by molar-refractivity contribution is 0.249. The molecule has 4 nitrogen and oxygen atoms in total. The van der Waals surface area contributed by atoms with E-state index in [0.29, 0.717) is 17.4 Å². The molecular formula is C16H18ClN3O. The highest BCUT2D eigenvalue weighted by atomic mass is 35.5. The first-order chi connectivity index (χ1) is 9.97. The van der Waals surface area contributed by atoms with Crippen molar-refractivity contribution < 1.29 is 4.79 Å².